The number of nitrogens with zero attached hydrogens (tertiary/aromatic N) is 2. The number of hydrogen-bond acceptors (Lipinski definition) is 4. The molecule has 3 rings (SSSR count). The molecule has 2 aromatic carbocycles. The number of hydrogen-bond donors (Lipinski definition) is 1. The maximum atomic E-state index is 12.0. The molecule has 0 saturated heterocycles. The van der Waals surface area contributed by atoms with Gasteiger partial charge in [-0.1, -0.05) is 49.4 Å². The zero-order valence-corrected chi connectivity index (χ0v) is 14.7. The molecule has 0 spiro atoms. The van der Waals surface area contributed by atoms with Gasteiger partial charge in [-0.15, -0.1) is 0 Å². The maximum absolute atomic E-state index is 12.0. The molecular weight excluding hydrogens is 328 g/mol. The minimum Gasteiger partial charge on any atom is -0.491 e. The van der Waals surface area contributed by atoms with Crippen LogP contribution < -0.4 is 10.3 Å². The van der Waals surface area contributed by atoms with Crippen molar-refractivity contribution in [3.05, 3.63) is 82.6 Å². The Balaban J connectivity index is 1.64. The minimum absolute atomic E-state index is 0.0759. The standard InChI is InChI=1S/C21H22N2O3/c1-2-16-8-10-19(11-9-16)26-15-18(24)14-23-21(25)13-12-20(22-23)17-6-4-3-5-7-17/h3-13,18,24H,2,14-15H2,1H3. The van der Waals surface area contributed by atoms with Gasteiger partial charge in [0.25, 0.3) is 5.56 Å². The quantitative estimate of drug-likeness (QED) is 0.712. The highest BCUT2D eigenvalue weighted by atomic mass is 16.5. The van der Waals surface area contributed by atoms with Crippen LogP contribution in [0.25, 0.3) is 11.3 Å². The van der Waals surface area contributed by atoms with Crippen LogP contribution in [0, 0.1) is 0 Å². The molecular formula is C21H22N2O3. The number of benzene rings is 2. The van der Waals surface area contributed by atoms with Crippen molar-refractivity contribution in [1.82, 2.24) is 9.78 Å². The van der Waals surface area contributed by atoms with Crippen LogP contribution in [0.5, 0.6) is 5.75 Å². The monoisotopic (exact) mass is 350 g/mol. The third kappa shape index (κ3) is 4.58. The van der Waals surface area contributed by atoms with E-state index in [9.17, 15) is 9.90 Å². The van der Waals surface area contributed by atoms with Crippen molar-refractivity contribution in [2.75, 3.05) is 6.61 Å². The van der Waals surface area contributed by atoms with Gasteiger partial charge in [-0.2, -0.15) is 5.10 Å². The van der Waals surface area contributed by atoms with E-state index in [0.717, 1.165) is 12.0 Å². The van der Waals surface area contributed by atoms with Crippen molar-refractivity contribution in [1.29, 1.82) is 0 Å². The zero-order valence-electron chi connectivity index (χ0n) is 14.7. The van der Waals surface area contributed by atoms with Crippen molar-refractivity contribution >= 4 is 0 Å². The lowest BCUT2D eigenvalue weighted by Gasteiger charge is -2.14. The summed E-state index contributed by atoms with van der Waals surface area (Å²) in [5.74, 6) is 0.694. The average Bonchev–Trinajstić information content (AvgIpc) is 2.69. The van der Waals surface area contributed by atoms with E-state index in [1.165, 1.54) is 16.3 Å². The maximum Gasteiger partial charge on any atom is 0.266 e. The first kappa shape index (κ1) is 17.9. The fourth-order valence-electron chi connectivity index (χ4n) is 2.61. The molecule has 5 nitrogen and oxygen atoms in total. The summed E-state index contributed by atoms with van der Waals surface area (Å²) < 4.78 is 6.88. The van der Waals surface area contributed by atoms with Crippen molar-refractivity contribution < 1.29 is 9.84 Å². The summed E-state index contributed by atoms with van der Waals surface area (Å²) in [6.07, 6.45) is 0.131. The lowest BCUT2D eigenvalue weighted by molar-refractivity contribution is 0.0880. The molecule has 1 aromatic heterocycles. The summed E-state index contributed by atoms with van der Waals surface area (Å²) in [5, 5.41) is 14.6. The van der Waals surface area contributed by atoms with Gasteiger partial charge in [-0.25, -0.2) is 4.68 Å². The molecule has 1 N–H and O–H groups in total. The number of aliphatic hydroxyl groups excluding tert-OH is 1. The average molecular weight is 350 g/mol. The Morgan fingerprint density at radius 3 is 2.46 bits per heavy atom. The van der Waals surface area contributed by atoms with Crippen LogP contribution in [-0.4, -0.2) is 27.6 Å². The number of ether oxygens (including phenoxy) is 1. The van der Waals surface area contributed by atoms with Crippen LogP contribution >= 0.6 is 0 Å². The molecule has 0 aliphatic carbocycles. The lowest BCUT2D eigenvalue weighted by atomic mass is 10.1. The molecule has 0 fully saturated rings. The third-order valence-electron chi connectivity index (χ3n) is 4.09. The Morgan fingerprint density at radius 2 is 1.77 bits per heavy atom. The SMILES string of the molecule is CCc1ccc(OCC(O)Cn2nc(-c3ccccc3)ccc2=O)cc1. The number of rotatable bonds is 7. The molecule has 1 unspecified atom stereocenters. The van der Waals surface area contributed by atoms with Gasteiger partial charge in [-0.3, -0.25) is 4.79 Å². The first-order valence-corrected chi connectivity index (χ1v) is 8.69. The molecule has 0 aliphatic heterocycles. The second-order valence-corrected chi connectivity index (χ2v) is 6.07. The molecule has 0 radical (unpaired) electrons. The van der Waals surface area contributed by atoms with Crippen molar-refractivity contribution in [3.8, 4) is 17.0 Å². The Hall–Kier alpha value is -2.92. The fourth-order valence-corrected chi connectivity index (χ4v) is 2.61. The molecule has 1 atom stereocenters. The summed E-state index contributed by atoms with van der Waals surface area (Å²) in [6, 6.07) is 20.5. The normalized spacial score (nSPS) is 11.9. The van der Waals surface area contributed by atoms with Crippen molar-refractivity contribution in [2.45, 2.75) is 26.0 Å². The van der Waals surface area contributed by atoms with E-state index in [1.54, 1.807) is 6.07 Å². The molecule has 0 aliphatic rings. The summed E-state index contributed by atoms with van der Waals surface area (Å²) in [6.45, 7) is 2.26. The van der Waals surface area contributed by atoms with Crippen LogP contribution in [0.2, 0.25) is 0 Å². The summed E-state index contributed by atoms with van der Waals surface area (Å²) in [5.41, 5.74) is 2.58. The number of aromatic nitrogens is 2. The minimum atomic E-state index is -0.836. The molecule has 3 aromatic rings. The Bertz CT molecular complexity index is 889. The van der Waals surface area contributed by atoms with Crippen LogP contribution in [-0.2, 0) is 13.0 Å². The van der Waals surface area contributed by atoms with Gasteiger partial charge in [0.05, 0.1) is 12.2 Å². The van der Waals surface area contributed by atoms with Crippen molar-refractivity contribution in [3.63, 3.8) is 0 Å². The van der Waals surface area contributed by atoms with E-state index >= 15 is 0 Å². The van der Waals surface area contributed by atoms with Crippen LogP contribution in [0.4, 0.5) is 0 Å². The first-order valence-electron chi connectivity index (χ1n) is 8.69. The van der Waals surface area contributed by atoms with Gasteiger partial charge in [0.2, 0.25) is 0 Å². The van der Waals surface area contributed by atoms with Gasteiger partial charge >= 0.3 is 0 Å². The first-order chi connectivity index (χ1) is 12.7. The number of aliphatic hydroxyl groups is 1. The zero-order chi connectivity index (χ0) is 18.4. The smallest absolute Gasteiger partial charge is 0.266 e. The van der Waals surface area contributed by atoms with E-state index in [4.69, 9.17) is 4.74 Å². The van der Waals surface area contributed by atoms with E-state index in [-0.39, 0.29) is 18.7 Å². The highest BCUT2D eigenvalue weighted by Gasteiger charge is 2.10. The predicted octanol–water partition coefficient (Wildman–Crippen LogP) is 2.91. The summed E-state index contributed by atoms with van der Waals surface area (Å²) >= 11 is 0. The van der Waals surface area contributed by atoms with Crippen molar-refractivity contribution in [2.24, 2.45) is 0 Å². The molecule has 0 bridgehead atoms. The highest BCUT2D eigenvalue weighted by Crippen LogP contribution is 2.15. The molecule has 1 heterocycles. The topological polar surface area (TPSA) is 64.3 Å². The molecule has 0 amide bonds. The van der Waals surface area contributed by atoms with Crippen LogP contribution in [0.1, 0.15) is 12.5 Å². The summed E-state index contributed by atoms with van der Waals surface area (Å²) in [4.78, 5) is 12.0. The molecule has 0 saturated carbocycles. The molecule has 5 heteroatoms. The second kappa shape index (κ2) is 8.45. The second-order valence-electron chi connectivity index (χ2n) is 6.07. The third-order valence-corrected chi connectivity index (χ3v) is 4.09. The van der Waals surface area contributed by atoms with E-state index < -0.39 is 6.10 Å². The van der Waals surface area contributed by atoms with Gasteiger partial charge in [0, 0.05) is 11.6 Å². The predicted molar refractivity (Wildman–Crippen MR) is 101 cm³/mol. The van der Waals surface area contributed by atoms with Gasteiger partial charge in [0.15, 0.2) is 0 Å². The highest BCUT2D eigenvalue weighted by molar-refractivity contribution is 5.57. The lowest BCUT2D eigenvalue weighted by Crippen LogP contribution is -2.31. The van der Waals surface area contributed by atoms with E-state index in [0.29, 0.717) is 11.4 Å². The number of aryl methyl sites for hydroxylation is 1. The Kier molecular flexibility index (Phi) is 5.81. The Morgan fingerprint density at radius 1 is 1.04 bits per heavy atom. The van der Waals surface area contributed by atoms with Gasteiger partial charge < -0.3 is 9.84 Å². The van der Waals surface area contributed by atoms with Gasteiger partial charge in [-0.05, 0) is 30.2 Å². The van der Waals surface area contributed by atoms with Crippen LogP contribution in [0.15, 0.2) is 71.5 Å². The van der Waals surface area contributed by atoms with Gasteiger partial charge in [0.1, 0.15) is 18.5 Å². The van der Waals surface area contributed by atoms with Crippen LogP contribution in [0.3, 0.4) is 0 Å². The molecule has 134 valence electrons. The summed E-state index contributed by atoms with van der Waals surface area (Å²) in [7, 11) is 0. The molecule has 26 heavy (non-hydrogen) atoms. The largest absolute Gasteiger partial charge is 0.491 e. The van der Waals surface area contributed by atoms with E-state index in [1.807, 2.05) is 54.6 Å². The Labute approximate surface area is 152 Å². The van der Waals surface area contributed by atoms with E-state index in [2.05, 4.69) is 12.0 Å². The fraction of sp³-hybridized carbons (Fsp3) is 0.238.